The van der Waals surface area contributed by atoms with E-state index in [4.69, 9.17) is 0 Å². The quantitative estimate of drug-likeness (QED) is 0.677. The van der Waals surface area contributed by atoms with Crippen LogP contribution in [0.1, 0.15) is 10.7 Å². The molecule has 0 amide bonds. The number of thiazole rings is 1. The van der Waals surface area contributed by atoms with Gasteiger partial charge in [0, 0.05) is 37.0 Å². The molecule has 9 heteroatoms. The summed E-state index contributed by atoms with van der Waals surface area (Å²) in [6, 6.07) is 0. The third-order valence-electron chi connectivity index (χ3n) is 2.57. The van der Waals surface area contributed by atoms with Gasteiger partial charge in [-0.05, 0) is 14.1 Å². The predicted octanol–water partition coefficient (Wildman–Crippen LogP) is 2.44. The number of anilines is 2. The Morgan fingerprint density at radius 1 is 1.29 bits per heavy atom. The molecule has 2 heterocycles. The molecule has 0 aliphatic heterocycles. The third-order valence-corrected chi connectivity index (χ3v) is 5.15. The van der Waals surface area contributed by atoms with Gasteiger partial charge in [-0.15, -0.1) is 11.3 Å². The molecule has 2 aromatic rings. The molecule has 0 spiro atoms. The van der Waals surface area contributed by atoms with E-state index in [0.29, 0.717) is 0 Å². The maximum absolute atomic E-state index is 4.63. The van der Waals surface area contributed by atoms with Crippen molar-refractivity contribution in [1.82, 2.24) is 18.6 Å². The molecular weight excluding hydrogens is 324 g/mol. The lowest BCUT2D eigenvalue weighted by Gasteiger charge is -2.05. The second-order valence-electron chi connectivity index (χ2n) is 4.66. The molecule has 0 atom stereocenters. The van der Waals surface area contributed by atoms with Gasteiger partial charge in [-0.2, -0.15) is 20.5 Å². The number of aromatic nitrogens is 3. The molecule has 0 saturated carbocycles. The molecule has 2 rings (SSSR count). The lowest BCUT2D eigenvalue weighted by Crippen LogP contribution is -2.10. The summed E-state index contributed by atoms with van der Waals surface area (Å²) in [5, 5.41) is 9.65. The molecule has 6 nitrogen and oxygen atoms in total. The zero-order valence-electron chi connectivity index (χ0n) is 12.4. The van der Waals surface area contributed by atoms with Gasteiger partial charge in [-0.25, -0.2) is 4.98 Å². The number of hydrogen-bond donors (Lipinski definition) is 2. The summed E-state index contributed by atoms with van der Waals surface area (Å²) >= 11 is 4.84. The van der Waals surface area contributed by atoms with Gasteiger partial charge in [-0.3, -0.25) is 0 Å². The van der Waals surface area contributed by atoms with Gasteiger partial charge in [0.2, 0.25) is 0 Å². The maximum atomic E-state index is 4.63. The lowest BCUT2D eigenvalue weighted by molar-refractivity contribution is 0.397. The fraction of sp³-hybridized carbons (Fsp3) is 0.583. The number of hydrogen-bond acceptors (Lipinski definition) is 9. The summed E-state index contributed by atoms with van der Waals surface area (Å²) in [7, 11) is 5.98. The van der Waals surface area contributed by atoms with E-state index in [2.05, 4.69) is 48.7 Å². The van der Waals surface area contributed by atoms with E-state index in [-0.39, 0.29) is 0 Å². The first kappa shape index (κ1) is 16.5. The number of nitrogens with zero attached hydrogens (tertiary/aromatic N) is 4. The van der Waals surface area contributed by atoms with E-state index in [1.807, 2.05) is 18.8 Å². The van der Waals surface area contributed by atoms with Gasteiger partial charge in [0.25, 0.3) is 0 Å². The van der Waals surface area contributed by atoms with E-state index in [0.717, 1.165) is 41.9 Å². The molecule has 0 aliphatic carbocycles. The Bertz CT molecular complexity index is 539. The highest BCUT2D eigenvalue weighted by Gasteiger charge is 2.05. The molecule has 21 heavy (non-hydrogen) atoms. The van der Waals surface area contributed by atoms with Gasteiger partial charge in [0.05, 0.1) is 17.4 Å². The van der Waals surface area contributed by atoms with Crippen molar-refractivity contribution in [3.05, 3.63) is 16.1 Å². The van der Waals surface area contributed by atoms with Crippen molar-refractivity contribution < 1.29 is 0 Å². The van der Waals surface area contributed by atoms with Crippen LogP contribution in [0.25, 0.3) is 0 Å². The van der Waals surface area contributed by atoms with Crippen molar-refractivity contribution >= 4 is 46.5 Å². The Hall–Kier alpha value is -0.900. The van der Waals surface area contributed by atoms with Crippen LogP contribution in [0.15, 0.2) is 5.38 Å². The molecule has 116 valence electrons. The standard InChI is InChI=1S/C12H20N6S3/c1-13-11-12(17-21-16-11)14-4-5-19-8-10-15-9(7-20-10)6-18(2)3/h7H,4-6,8H2,1-3H3,(H,13,16)(H,14,17). The van der Waals surface area contributed by atoms with E-state index in [1.165, 1.54) is 16.7 Å². The Morgan fingerprint density at radius 3 is 2.86 bits per heavy atom. The lowest BCUT2D eigenvalue weighted by atomic mass is 10.5. The van der Waals surface area contributed by atoms with Crippen molar-refractivity contribution in [3.8, 4) is 0 Å². The van der Waals surface area contributed by atoms with Crippen molar-refractivity contribution in [2.45, 2.75) is 12.3 Å². The molecule has 2 N–H and O–H groups in total. The van der Waals surface area contributed by atoms with Crippen molar-refractivity contribution in [1.29, 1.82) is 0 Å². The first-order chi connectivity index (χ1) is 10.2. The van der Waals surface area contributed by atoms with Crippen LogP contribution < -0.4 is 10.6 Å². The zero-order valence-corrected chi connectivity index (χ0v) is 14.9. The van der Waals surface area contributed by atoms with Gasteiger partial charge in [0.15, 0.2) is 11.6 Å². The highest BCUT2D eigenvalue weighted by Crippen LogP contribution is 2.19. The number of nitrogens with one attached hydrogen (secondary N) is 2. The van der Waals surface area contributed by atoms with Crippen LogP contribution in [-0.4, -0.2) is 52.1 Å². The third kappa shape index (κ3) is 5.42. The SMILES string of the molecule is CNc1nsnc1NCCSCc1nc(CN(C)C)cs1. The molecule has 0 bridgehead atoms. The Kier molecular flexibility index (Phi) is 6.68. The smallest absolute Gasteiger partial charge is 0.184 e. The maximum Gasteiger partial charge on any atom is 0.184 e. The van der Waals surface area contributed by atoms with Gasteiger partial charge >= 0.3 is 0 Å². The Balaban J connectivity index is 1.64. The first-order valence-corrected chi connectivity index (χ1v) is 9.35. The molecular formula is C12H20N6S3. The van der Waals surface area contributed by atoms with Crippen LogP contribution in [0.3, 0.4) is 0 Å². The number of thioether (sulfide) groups is 1. The Labute approximate surface area is 137 Å². The van der Waals surface area contributed by atoms with Crippen molar-refractivity contribution in [2.24, 2.45) is 0 Å². The molecule has 0 radical (unpaired) electrons. The topological polar surface area (TPSA) is 66.0 Å². The second kappa shape index (κ2) is 8.52. The van der Waals surface area contributed by atoms with Crippen LogP contribution in [0.5, 0.6) is 0 Å². The van der Waals surface area contributed by atoms with E-state index >= 15 is 0 Å². The van der Waals surface area contributed by atoms with E-state index < -0.39 is 0 Å². The van der Waals surface area contributed by atoms with E-state index in [9.17, 15) is 0 Å². The average molecular weight is 345 g/mol. The minimum absolute atomic E-state index is 0.818. The molecule has 0 aromatic carbocycles. The van der Waals surface area contributed by atoms with Crippen LogP contribution in [0.4, 0.5) is 11.6 Å². The molecule has 0 saturated heterocycles. The summed E-state index contributed by atoms with van der Waals surface area (Å²) in [6.07, 6.45) is 0. The average Bonchev–Trinajstić information content (AvgIpc) is 3.07. The van der Waals surface area contributed by atoms with Crippen LogP contribution in [0.2, 0.25) is 0 Å². The monoisotopic (exact) mass is 344 g/mol. The minimum atomic E-state index is 0.818. The summed E-state index contributed by atoms with van der Waals surface area (Å²) in [4.78, 5) is 6.77. The fourth-order valence-corrected chi connectivity index (χ4v) is 3.94. The fourth-order valence-electron chi connectivity index (χ4n) is 1.68. The normalized spacial score (nSPS) is 11.0. The summed E-state index contributed by atoms with van der Waals surface area (Å²) < 4.78 is 8.35. The van der Waals surface area contributed by atoms with Crippen molar-refractivity contribution in [2.75, 3.05) is 44.1 Å². The first-order valence-electron chi connectivity index (χ1n) is 6.59. The molecule has 0 unspecified atom stereocenters. The van der Waals surface area contributed by atoms with Crippen LogP contribution in [0, 0.1) is 0 Å². The van der Waals surface area contributed by atoms with Gasteiger partial charge in [0.1, 0.15) is 5.01 Å². The molecule has 2 aromatic heterocycles. The van der Waals surface area contributed by atoms with Gasteiger partial charge in [-0.1, -0.05) is 0 Å². The molecule has 0 aliphatic rings. The number of rotatable bonds is 9. The minimum Gasteiger partial charge on any atom is -0.369 e. The summed E-state index contributed by atoms with van der Waals surface area (Å²) in [6.45, 7) is 1.78. The highest BCUT2D eigenvalue weighted by molar-refractivity contribution is 7.98. The second-order valence-corrected chi connectivity index (χ2v) is 7.24. The van der Waals surface area contributed by atoms with E-state index in [1.54, 1.807) is 11.3 Å². The zero-order chi connectivity index (χ0) is 15.1. The van der Waals surface area contributed by atoms with Crippen LogP contribution in [-0.2, 0) is 12.3 Å². The van der Waals surface area contributed by atoms with Crippen molar-refractivity contribution in [3.63, 3.8) is 0 Å². The predicted molar refractivity (Wildman–Crippen MR) is 93.6 cm³/mol. The Morgan fingerprint density at radius 2 is 2.10 bits per heavy atom. The summed E-state index contributed by atoms with van der Waals surface area (Å²) in [5.41, 5.74) is 1.16. The van der Waals surface area contributed by atoms with Gasteiger partial charge < -0.3 is 15.5 Å². The molecule has 0 fully saturated rings. The largest absolute Gasteiger partial charge is 0.369 e. The highest BCUT2D eigenvalue weighted by atomic mass is 32.2. The summed E-state index contributed by atoms with van der Waals surface area (Å²) in [5.74, 6) is 3.64. The van der Waals surface area contributed by atoms with Crippen LogP contribution >= 0.6 is 34.8 Å².